The average molecular weight is 172 g/mol. The smallest absolute Gasteiger partial charge is 0.226 e. The highest BCUT2D eigenvalue weighted by Crippen LogP contribution is 1.87. The number of rotatable bonds is 3. The summed E-state index contributed by atoms with van der Waals surface area (Å²) in [6.07, 6.45) is 2.81. The van der Waals surface area contributed by atoms with Crippen LogP contribution in [0.25, 0.3) is 0 Å². The average Bonchev–Trinajstić information content (AvgIpc) is 2.00. The summed E-state index contributed by atoms with van der Waals surface area (Å²) in [4.78, 5) is 10.9. The molecule has 3 nitrogen and oxygen atoms in total. The number of allylic oxidation sites excluding steroid dienone is 1. The minimum Gasteiger partial charge on any atom is -0.365 e. The predicted molar refractivity (Wildman–Crippen MR) is 49.2 cm³/mol. The fraction of sp³-hybridized carbons (Fsp3) is 0.429. The lowest BCUT2D eigenvalue weighted by Gasteiger charge is -2.03. The normalized spacial score (nSPS) is 8.45. The number of thiocarbonyl (C=S) groups is 1. The van der Waals surface area contributed by atoms with Crippen molar-refractivity contribution in [2.75, 3.05) is 7.05 Å². The van der Waals surface area contributed by atoms with Gasteiger partial charge in [-0.2, -0.15) is 0 Å². The maximum atomic E-state index is 10.9. The Morgan fingerprint density at radius 3 is 2.82 bits per heavy atom. The Balaban J connectivity index is 3.51. The van der Waals surface area contributed by atoms with Crippen LogP contribution in [-0.2, 0) is 4.79 Å². The molecule has 0 fully saturated rings. The lowest BCUT2D eigenvalue weighted by Crippen LogP contribution is -2.36. The van der Waals surface area contributed by atoms with Gasteiger partial charge in [-0.1, -0.05) is 6.08 Å². The van der Waals surface area contributed by atoms with Crippen molar-refractivity contribution in [3.8, 4) is 0 Å². The van der Waals surface area contributed by atoms with Crippen LogP contribution >= 0.6 is 12.2 Å². The zero-order chi connectivity index (χ0) is 8.69. The first-order valence-electron chi connectivity index (χ1n) is 3.33. The van der Waals surface area contributed by atoms with Gasteiger partial charge in [-0.05, 0) is 18.6 Å². The second kappa shape index (κ2) is 5.85. The Hall–Kier alpha value is -0.900. The molecular formula is C7H12N2OS. The second-order valence-electron chi connectivity index (χ2n) is 1.95. The van der Waals surface area contributed by atoms with E-state index in [9.17, 15) is 4.79 Å². The summed E-state index contributed by atoms with van der Waals surface area (Å²) >= 11 is 4.71. The molecule has 0 rings (SSSR count). The first-order valence-corrected chi connectivity index (χ1v) is 3.74. The van der Waals surface area contributed by atoms with Crippen LogP contribution in [0.3, 0.4) is 0 Å². The van der Waals surface area contributed by atoms with E-state index in [1.54, 1.807) is 13.1 Å². The molecule has 0 bridgehead atoms. The maximum Gasteiger partial charge on any atom is 0.226 e. The van der Waals surface area contributed by atoms with E-state index in [0.29, 0.717) is 18.0 Å². The third-order valence-electron chi connectivity index (χ3n) is 1.06. The number of amides is 1. The Labute approximate surface area is 71.9 Å². The zero-order valence-electron chi connectivity index (χ0n) is 6.52. The quantitative estimate of drug-likeness (QED) is 0.483. The third-order valence-corrected chi connectivity index (χ3v) is 1.36. The highest BCUT2D eigenvalue weighted by Gasteiger charge is 1.99. The van der Waals surface area contributed by atoms with Gasteiger partial charge in [-0.25, -0.2) is 0 Å². The lowest BCUT2D eigenvalue weighted by molar-refractivity contribution is -0.119. The monoisotopic (exact) mass is 172 g/mol. The highest BCUT2D eigenvalue weighted by molar-refractivity contribution is 7.80. The van der Waals surface area contributed by atoms with Gasteiger partial charge in [-0.3, -0.25) is 4.79 Å². The maximum absolute atomic E-state index is 10.9. The summed E-state index contributed by atoms with van der Waals surface area (Å²) in [5.41, 5.74) is 0. The fourth-order valence-corrected chi connectivity index (χ4v) is 0.599. The predicted octanol–water partition coefficient (Wildman–Crippen LogP) is 0.573. The van der Waals surface area contributed by atoms with Gasteiger partial charge in [0.25, 0.3) is 0 Å². The molecule has 0 aliphatic heterocycles. The molecule has 62 valence electrons. The van der Waals surface area contributed by atoms with Gasteiger partial charge < -0.3 is 10.6 Å². The summed E-state index contributed by atoms with van der Waals surface area (Å²) in [5.74, 6) is -0.0794. The Kier molecular flexibility index (Phi) is 5.37. The molecule has 0 aromatic carbocycles. The molecule has 0 saturated carbocycles. The van der Waals surface area contributed by atoms with E-state index >= 15 is 0 Å². The molecule has 4 heteroatoms. The van der Waals surface area contributed by atoms with Gasteiger partial charge in [0.15, 0.2) is 5.11 Å². The number of hydrogen-bond acceptors (Lipinski definition) is 2. The molecule has 0 radical (unpaired) electrons. The van der Waals surface area contributed by atoms with Gasteiger partial charge in [0.2, 0.25) is 5.91 Å². The van der Waals surface area contributed by atoms with Crippen LogP contribution in [0.1, 0.15) is 12.8 Å². The number of nitrogens with one attached hydrogen (secondary N) is 2. The second-order valence-corrected chi connectivity index (χ2v) is 2.36. The van der Waals surface area contributed by atoms with E-state index in [1.165, 1.54) is 0 Å². The summed E-state index contributed by atoms with van der Waals surface area (Å²) < 4.78 is 0. The van der Waals surface area contributed by atoms with Crippen LogP contribution in [0.15, 0.2) is 12.7 Å². The SMILES string of the molecule is C=CCCC(=O)NC(=S)NC. The molecule has 0 saturated heterocycles. The number of carbonyl (C=O) groups excluding carboxylic acids is 1. The van der Waals surface area contributed by atoms with Gasteiger partial charge in [0, 0.05) is 13.5 Å². The van der Waals surface area contributed by atoms with Crippen molar-refractivity contribution in [1.29, 1.82) is 0 Å². The topological polar surface area (TPSA) is 41.1 Å². The summed E-state index contributed by atoms with van der Waals surface area (Å²) in [7, 11) is 1.66. The van der Waals surface area contributed by atoms with Crippen LogP contribution in [0.4, 0.5) is 0 Å². The van der Waals surface area contributed by atoms with E-state index in [4.69, 9.17) is 12.2 Å². The third kappa shape index (κ3) is 5.54. The van der Waals surface area contributed by atoms with Crippen molar-refractivity contribution in [2.24, 2.45) is 0 Å². The van der Waals surface area contributed by atoms with Crippen molar-refractivity contribution in [2.45, 2.75) is 12.8 Å². The molecule has 2 N–H and O–H groups in total. The molecule has 0 spiro atoms. The number of hydrogen-bond donors (Lipinski definition) is 2. The molecule has 0 aliphatic rings. The van der Waals surface area contributed by atoms with Crippen LogP contribution in [0.5, 0.6) is 0 Å². The molecule has 0 unspecified atom stereocenters. The highest BCUT2D eigenvalue weighted by atomic mass is 32.1. The largest absolute Gasteiger partial charge is 0.365 e. The molecule has 0 atom stereocenters. The van der Waals surface area contributed by atoms with E-state index in [0.717, 1.165) is 0 Å². The van der Waals surface area contributed by atoms with E-state index in [1.807, 2.05) is 0 Å². The summed E-state index contributed by atoms with van der Waals surface area (Å²) in [6, 6.07) is 0. The summed E-state index contributed by atoms with van der Waals surface area (Å²) in [6.45, 7) is 3.50. The van der Waals surface area contributed by atoms with Crippen molar-refractivity contribution in [3.05, 3.63) is 12.7 Å². The van der Waals surface area contributed by atoms with Crippen molar-refractivity contribution in [1.82, 2.24) is 10.6 Å². The molecule has 0 aliphatic carbocycles. The molecule has 0 heterocycles. The van der Waals surface area contributed by atoms with Crippen LogP contribution < -0.4 is 10.6 Å². The molecule has 0 aromatic rings. The zero-order valence-corrected chi connectivity index (χ0v) is 7.33. The van der Waals surface area contributed by atoms with Gasteiger partial charge in [0.05, 0.1) is 0 Å². The van der Waals surface area contributed by atoms with Crippen molar-refractivity contribution in [3.63, 3.8) is 0 Å². The molecule has 11 heavy (non-hydrogen) atoms. The fourth-order valence-electron chi connectivity index (χ4n) is 0.485. The van der Waals surface area contributed by atoms with E-state index in [2.05, 4.69) is 17.2 Å². The Bertz CT molecular complexity index is 168. The minimum atomic E-state index is -0.0794. The Morgan fingerprint density at radius 1 is 1.73 bits per heavy atom. The Morgan fingerprint density at radius 2 is 2.36 bits per heavy atom. The molecular weight excluding hydrogens is 160 g/mol. The van der Waals surface area contributed by atoms with Gasteiger partial charge >= 0.3 is 0 Å². The minimum absolute atomic E-state index is 0.0794. The summed E-state index contributed by atoms with van der Waals surface area (Å²) in [5, 5.41) is 5.50. The molecule has 1 amide bonds. The lowest BCUT2D eigenvalue weighted by atomic mass is 10.3. The molecule has 0 aromatic heterocycles. The van der Waals surface area contributed by atoms with Crippen LogP contribution in [0.2, 0.25) is 0 Å². The number of carbonyl (C=O) groups is 1. The van der Waals surface area contributed by atoms with E-state index in [-0.39, 0.29) is 5.91 Å². The standard InChI is InChI=1S/C7H12N2OS/c1-3-4-5-6(10)9-7(11)8-2/h3H,1,4-5H2,2H3,(H2,8,9,10,11). The van der Waals surface area contributed by atoms with Gasteiger partial charge in [0.1, 0.15) is 0 Å². The van der Waals surface area contributed by atoms with Crippen molar-refractivity contribution >= 4 is 23.2 Å². The van der Waals surface area contributed by atoms with Gasteiger partial charge in [-0.15, -0.1) is 6.58 Å². The first kappa shape index (κ1) is 10.1. The van der Waals surface area contributed by atoms with E-state index < -0.39 is 0 Å². The van der Waals surface area contributed by atoms with Crippen molar-refractivity contribution < 1.29 is 4.79 Å². The van der Waals surface area contributed by atoms with Crippen LogP contribution in [0, 0.1) is 0 Å². The first-order chi connectivity index (χ1) is 5.20. The van der Waals surface area contributed by atoms with Crippen LogP contribution in [-0.4, -0.2) is 18.1 Å².